The monoisotopic (exact) mass is 325 g/mol. The van der Waals surface area contributed by atoms with Crippen molar-refractivity contribution in [1.29, 1.82) is 0 Å². The smallest absolute Gasteiger partial charge is 0.178 e. The Labute approximate surface area is 147 Å². The molecule has 25 heavy (non-hydrogen) atoms. The molecule has 0 aliphatic carbocycles. The second-order valence-corrected chi connectivity index (χ2v) is 6.32. The number of rotatable bonds is 3. The fraction of sp³-hybridized carbons (Fsp3) is 0.136. The van der Waals surface area contributed by atoms with Crippen molar-refractivity contribution in [3.8, 4) is 11.5 Å². The van der Waals surface area contributed by atoms with Gasteiger partial charge in [0.2, 0.25) is 0 Å². The van der Waals surface area contributed by atoms with E-state index >= 15 is 0 Å². The Balaban J connectivity index is 1.74. The number of fused-ring (bicyclic) bond motifs is 1. The van der Waals surface area contributed by atoms with Crippen LogP contribution in [0.25, 0.3) is 22.4 Å². The van der Waals surface area contributed by atoms with Crippen molar-refractivity contribution in [2.45, 2.75) is 20.3 Å². The molecule has 122 valence electrons. The number of hydrogen-bond donors (Lipinski definition) is 0. The molecule has 0 bridgehead atoms. The van der Waals surface area contributed by atoms with E-state index in [2.05, 4.69) is 54.1 Å². The minimum atomic E-state index is 0.671. The number of para-hydroxylation sites is 1. The molecule has 0 amide bonds. The second-order valence-electron chi connectivity index (χ2n) is 6.32. The molecule has 0 unspecified atom stereocenters. The molecule has 4 rings (SSSR count). The molecule has 0 fully saturated rings. The van der Waals surface area contributed by atoms with Crippen molar-refractivity contribution in [2.24, 2.45) is 0 Å². The number of benzene rings is 2. The zero-order chi connectivity index (χ0) is 17.2. The SMILES string of the molecule is Cc1ccccc1Cc1nc(-c2ncc3ccccc3n2)ccc1C. The van der Waals surface area contributed by atoms with Crippen LogP contribution in [0.5, 0.6) is 0 Å². The summed E-state index contributed by atoms with van der Waals surface area (Å²) >= 11 is 0. The third-order valence-corrected chi connectivity index (χ3v) is 4.54. The predicted molar refractivity (Wildman–Crippen MR) is 101 cm³/mol. The fourth-order valence-electron chi connectivity index (χ4n) is 2.96. The molecule has 2 aromatic carbocycles. The van der Waals surface area contributed by atoms with E-state index in [0.29, 0.717) is 5.82 Å². The van der Waals surface area contributed by atoms with E-state index in [-0.39, 0.29) is 0 Å². The molecular weight excluding hydrogens is 306 g/mol. The topological polar surface area (TPSA) is 38.7 Å². The Bertz CT molecular complexity index is 1050. The van der Waals surface area contributed by atoms with Crippen molar-refractivity contribution in [2.75, 3.05) is 0 Å². The first kappa shape index (κ1) is 15.5. The molecule has 0 atom stereocenters. The lowest BCUT2D eigenvalue weighted by atomic mass is 10.0. The number of nitrogens with zero attached hydrogens (tertiary/aromatic N) is 3. The minimum Gasteiger partial charge on any atom is -0.249 e. The third-order valence-electron chi connectivity index (χ3n) is 4.54. The molecule has 3 nitrogen and oxygen atoms in total. The molecule has 3 heteroatoms. The van der Waals surface area contributed by atoms with Gasteiger partial charge in [-0.1, -0.05) is 48.5 Å². The number of hydrogen-bond acceptors (Lipinski definition) is 3. The summed E-state index contributed by atoms with van der Waals surface area (Å²) in [5, 5.41) is 1.04. The van der Waals surface area contributed by atoms with Crippen molar-refractivity contribution in [1.82, 2.24) is 15.0 Å². The molecule has 2 aromatic heterocycles. The quantitative estimate of drug-likeness (QED) is 0.538. The predicted octanol–water partition coefficient (Wildman–Crippen LogP) is 4.90. The van der Waals surface area contributed by atoms with Crippen LogP contribution in [0.4, 0.5) is 0 Å². The van der Waals surface area contributed by atoms with Crippen LogP contribution in [0.3, 0.4) is 0 Å². The van der Waals surface area contributed by atoms with E-state index in [0.717, 1.165) is 28.7 Å². The van der Waals surface area contributed by atoms with Crippen LogP contribution in [-0.4, -0.2) is 15.0 Å². The van der Waals surface area contributed by atoms with Gasteiger partial charge in [-0.25, -0.2) is 15.0 Å². The van der Waals surface area contributed by atoms with E-state index in [1.54, 1.807) is 0 Å². The summed E-state index contributed by atoms with van der Waals surface area (Å²) in [6.45, 7) is 4.24. The molecule has 0 radical (unpaired) electrons. The number of aryl methyl sites for hydroxylation is 2. The van der Waals surface area contributed by atoms with Gasteiger partial charge in [-0.3, -0.25) is 0 Å². The highest BCUT2D eigenvalue weighted by molar-refractivity contribution is 5.79. The normalized spacial score (nSPS) is 11.0. The molecule has 0 N–H and O–H groups in total. The number of pyridine rings is 1. The Morgan fingerprint density at radius 1 is 0.760 bits per heavy atom. The first-order valence-corrected chi connectivity index (χ1v) is 8.44. The molecule has 0 saturated carbocycles. The summed E-state index contributed by atoms with van der Waals surface area (Å²) in [6, 6.07) is 20.6. The third kappa shape index (κ3) is 3.13. The van der Waals surface area contributed by atoms with E-state index in [1.807, 2.05) is 36.5 Å². The van der Waals surface area contributed by atoms with Crippen LogP contribution in [0.1, 0.15) is 22.4 Å². The lowest BCUT2D eigenvalue weighted by molar-refractivity contribution is 1.02. The maximum absolute atomic E-state index is 4.86. The molecular formula is C22H19N3. The zero-order valence-corrected chi connectivity index (χ0v) is 14.4. The molecule has 0 aliphatic rings. The van der Waals surface area contributed by atoms with Gasteiger partial charge in [0.1, 0.15) is 5.69 Å². The fourth-order valence-corrected chi connectivity index (χ4v) is 2.96. The second kappa shape index (κ2) is 6.44. The van der Waals surface area contributed by atoms with Crippen molar-refractivity contribution in [3.05, 3.63) is 89.2 Å². The summed E-state index contributed by atoms with van der Waals surface area (Å²) in [5.41, 5.74) is 6.61. The summed E-state index contributed by atoms with van der Waals surface area (Å²) < 4.78 is 0. The van der Waals surface area contributed by atoms with Crippen molar-refractivity contribution in [3.63, 3.8) is 0 Å². The van der Waals surface area contributed by atoms with Crippen LogP contribution < -0.4 is 0 Å². The van der Waals surface area contributed by atoms with Crippen LogP contribution in [-0.2, 0) is 6.42 Å². The van der Waals surface area contributed by atoms with Gasteiger partial charge in [-0.2, -0.15) is 0 Å². The van der Waals surface area contributed by atoms with E-state index in [1.165, 1.54) is 16.7 Å². The summed E-state index contributed by atoms with van der Waals surface area (Å²) in [6.07, 6.45) is 2.68. The van der Waals surface area contributed by atoms with Gasteiger partial charge in [-0.05, 0) is 42.7 Å². The summed E-state index contributed by atoms with van der Waals surface area (Å²) in [5.74, 6) is 0.671. The maximum Gasteiger partial charge on any atom is 0.178 e. The lowest BCUT2D eigenvalue weighted by Gasteiger charge is -2.10. The van der Waals surface area contributed by atoms with Crippen LogP contribution in [0, 0.1) is 13.8 Å². The average Bonchev–Trinajstić information content (AvgIpc) is 2.65. The highest BCUT2D eigenvalue weighted by Crippen LogP contribution is 2.21. The summed E-state index contributed by atoms with van der Waals surface area (Å²) in [4.78, 5) is 14.0. The first-order valence-electron chi connectivity index (χ1n) is 8.44. The standard InChI is InChI=1S/C22H19N3/c1-15-7-3-4-8-17(15)13-21-16(2)11-12-20(24-21)22-23-14-18-9-5-6-10-19(18)25-22/h3-12,14H,13H2,1-2H3. The molecule has 2 heterocycles. The number of aromatic nitrogens is 3. The molecule has 0 saturated heterocycles. The van der Waals surface area contributed by atoms with Crippen molar-refractivity contribution >= 4 is 10.9 Å². The molecule has 4 aromatic rings. The zero-order valence-electron chi connectivity index (χ0n) is 14.4. The minimum absolute atomic E-state index is 0.671. The van der Waals surface area contributed by atoms with E-state index in [9.17, 15) is 0 Å². The highest BCUT2D eigenvalue weighted by atomic mass is 14.9. The van der Waals surface area contributed by atoms with Crippen LogP contribution in [0.15, 0.2) is 66.9 Å². The summed E-state index contributed by atoms with van der Waals surface area (Å²) in [7, 11) is 0. The van der Waals surface area contributed by atoms with Gasteiger partial charge in [0, 0.05) is 23.7 Å². The first-order chi connectivity index (χ1) is 12.2. The van der Waals surface area contributed by atoms with E-state index in [4.69, 9.17) is 4.98 Å². The largest absolute Gasteiger partial charge is 0.249 e. The molecule has 0 aliphatic heterocycles. The maximum atomic E-state index is 4.86. The Kier molecular flexibility index (Phi) is 3.98. The Hall–Kier alpha value is -3.07. The van der Waals surface area contributed by atoms with Gasteiger partial charge >= 0.3 is 0 Å². The highest BCUT2D eigenvalue weighted by Gasteiger charge is 2.09. The van der Waals surface area contributed by atoms with Gasteiger partial charge in [0.25, 0.3) is 0 Å². The van der Waals surface area contributed by atoms with Crippen molar-refractivity contribution < 1.29 is 0 Å². The van der Waals surface area contributed by atoms with Gasteiger partial charge in [-0.15, -0.1) is 0 Å². The van der Waals surface area contributed by atoms with Crippen LogP contribution in [0.2, 0.25) is 0 Å². The Morgan fingerprint density at radius 3 is 2.44 bits per heavy atom. The molecule has 0 spiro atoms. The average molecular weight is 325 g/mol. The van der Waals surface area contributed by atoms with Crippen LogP contribution >= 0.6 is 0 Å². The van der Waals surface area contributed by atoms with Gasteiger partial charge < -0.3 is 0 Å². The van der Waals surface area contributed by atoms with E-state index < -0.39 is 0 Å². The lowest BCUT2D eigenvalue weighted by Crippen LogP contribution is -2.01. The Morgan fingerprint density at radius 2 is 1.56 bits per heavy atom. The van der Waals surface area contributed by atoms with Gasteiger partial charge in [0.05, 0.1) is 5.52 Å². The van der Waals surface area contributed by atoms with Gasteiger partial charge in [0.15, 0.2) is 5.82 Å².